The van der Waals surface area contributed by atoms with Gasteiger partial charge in [0, 0.05) is 11.8 Å². The average Bonchev–Trinajstić information content (AvgIpc) is 2.89. The molecule has 3 aromatic rings. The van der Waals surface area contributed by atoms with Crippen LogP contribution in [0.2, 0.25) is 0 Å². The summed E-state index contributed by atoms with van der Waals surface area (Å²) in [6.07, 6.45) is 1.54. The largest absolute Gasteiger partial charge is 0.384 e. The quantitative estimate of drug-likeness (QED) is 0.707. The van der Waals surface area contributed by atoms with Gasteiger partial charge in [-0.3, -0.25) is 0 Å². The van der Waals surface area contributed by atoms with Crippen molar-refractivity contribution in [3.05, 3.63) is 42.6 Å². The van der Waals surface area contributed by atoms with Crippen molar-refractivity contribution in [3.8, 4) is 17.3 Å². The van der Waals surface area contributed by atoms with E-state index >= 15 is 0 Å². The third-order valence-electron chi connectivity index (χ3n) is 2.29. The summed E-state index contributed by atoms with van der Waals surface area (Å²) in [5, 5.41) is 12.1. The monoisotopic (exact) mass is 239 g/mol. The minimum absolute atomic E-state index is 0.296. The Labute approximate surface area is 102 Å². The molecule has 0 bridgehead atoms. The van der Waals surface area contributed by atoms with E-state index in [2.05, 4.69) is 25.4 Å². The molecule has 0 aliphatic carbocycles. The highest BCUT2D eigenvalue weighted by Crippen LogP contribution is 2.12. The molecule has 2 aromatic heterocycles. The summed E-state index contributed by atoms with van der Waals surface area (Å²) in [6.45, 7) is 0. The van der Waals surface area contributed by atoms with Crippen LogP contribution in [0.4, 0.5) is 5.82 Å². The highest BCUT2D eigenvalue weighted by atomic mass is 15.6. The van der Waals surface area contributed by atoms with Crippen LogP contribution in [0.3, 0.4) is 0 Å². The topological polar surface area (TPSA) is 95.4 Å². The van der Waals surface area contributed by atoms with E-state index < -0.39 is 0 Å². The lowest BCUT2D eigenvalue weighted by Crippen LogP contribution is -2.06. The Morgan fingerprint density at radius 3 is 2.67 bits per heavy atom. The van der Waals surface area contributed by atoms with Gasteiger partial charge in [0.15, 0.2) is 0 Å². The smallest absolute Gasteiger partial charge is 0.272 e. The Hall–Kier alpha value is -2.83. The predicted octanol–water partition coefficient (Wildman–Crippen LogP) is 0.701. The first-order chi connectivity index (χ1) is 8.83. The highest BCUT2D eigenvalue weighted by Gasteiger charge is 2.08. The Morgan fingerprint density at radius 1 is 1.06 bits per heavy atom. The van der Waals surface area contributed by atoms with Crippen molar-refractivity contribution in [3.63, 3.8) is 0 Å². The zero-order valence-corrected chi connectivity index (χ0v) is 9.30. The molecule has 7 nitrogen and oxygen atoms in total. The van der Waals surface area contributed by atoms with Gasteiger partial charge in [-0.25, -0.2) is 4.98 Å². The number of hydrogen-bond acceptors (Lipinski definition) is 6. The molecule has 0 saturated heterocycles. The van der Waals surface area contributed by atoms with Gasteiger partial charge in [-0.1, -0.05) is 35.1 Å². The second-order valence-electron chi connectivity index (χ2n) is 3.55. The van der Waals surface area contributed by atoms with Crippen LogP contribution in [0, 0.1) is 0 Å². The Morgan fingerprint density at radius 2 is 1.89 bits per heavy atom. The third-order valence-corrected chi connectivity index (χ3v) is 2.29. The van der Waals surface area contributed by atoms with Crippen molar-refractivity contribution in [1.82, 2.24) is 30.2 Å². The highest BCUT2D eigenvalue weighted by molar-refractivity contribution is 5.53. The van der Waals surface area contributed by atoms with Gasteiger partial charge >= 0.3 is 0 Å². The first-order valence-electron chi connectivity index (χ1n) is 5.27. The fourth-order valence-corrected chi connectivity index (χ4v) is 1.46. The summed E-state index contributed by atoms with van der Waals surface area (Å²) in [4.78, 5) is 9.29. The second kappa shape index (κ2) is 4.21. The van der Waals surface area contributed by atoms with Gasteiger partial charge in [0.25, 0.3) is 5.95 Å². The molecule has 0 spiro atoms. The lowest BCUT2D eigenvalue weighted by Gasteiger charge is -1.96. The molecule has 18 heavy (non-hydrogen) atoms. The summed E-state index contributed by atoms with van der Waals surface area (Å²) in [5.74, 6) is 1.17. The summed E-state index contributed by atoms with van der Waals surface area (Å²) < 4.78 is 0. The van der Waals surface area contributed by atoms with Crippen LogP contribution in [0.25, 0.3) is 17.3 Å². The van der Waals surface area contributed by atoms with Crippen molar-refractivity contribution < 1.29 is 0 Å². The molecule has 0 unspecified atom stereocenters. The number of nitrogen functional groups attached to an aromatic ring is 1. The SMILES string of the molecule is Nc1ccnc(-n2nnc(-c3ccccc3)n2)n1. The zero-order valence-electron chi connectivity index (χ0n) is 9.30. The molecule has 3 rings (SSSR count). The van der Waals surface area contributed by atoms with E-state index in [1.807, 2.05) is 30.3 Å². The standard InChI is InChI=1S/C11H9N7/c12-9-6-7-13-11(14-9)18-16-10(15-17-18)8-4-2-1-3-5-8/h1-7H,(H2,12,13,14). The molecule has 2 N–H and O–H groups in total. The van der Waals surface area contributed by atoms with Crippen LogP contribution < -0.4 is 5.73 Å². The molecule has 0 radical (unpaired) electrons. The number of hydrogen-bond donors (Lipinski definition) is 1. The van der Waals surface area contributed by atoms with Gasteiger partial charge in [0.2, 0.25) is 5.82 Å². The van der Waals surface area contributed by atoms with Crippen LogP contribution in [-0.2, 0) is 0 Å². The minimum atomic E-state index is 0.296. The van der Waals surface area contributed by atoms with Crippen LogP contribution in [0.15, 0.2) is 42.6 Å². The van der Waals surface area contributed by atoms with Gasteiger partial charge in [-0.05, 0) is 11.3 Å². The van der Waals surface area contributed by atoms with E-state index in [-0.39, 0.29) is 0 Å². The lowest BCUT2D eigenvalue weighted by molar-refractivity contribution is 0.679. The van der Waals surface area contributed by atoms with Crippen molar-refractivity contribution >= 4 is 5.82 Å². The Kier molecular flexibility index (Phi) is 2.41. The summed E-state index contributed by atoms with van der Waals surface area (Å²) >= 11 is 0. The van der Waals surface area contributed by atoms with Gasteiger partial charge in [-0.15, -0.1) is 10.2 Å². The van der Waals surface area contributed by atoms with Crippen molar-refractivity contribution in [2.45, 2.75) is 0 Å². The molecule has 0 aliphatic heterocycles. The molecular weight excluding hydrogens is 230 g/mol. The van der Waals surface area contributed by atoms with Gasteiger partial charge < -0.3 is 5.73 Å². The van der Waals surface area contributed by atoms with E-state index in [9.17, 15) is 0 Å². The molecule has 0 saturated carbocycles. The van der Waals surface area contributed by atoms with Gasteiger partial charge in [0.05, 0.1) is 0 Å². The zero-order chi connectivity index (χ0) is 12.4. The molecular formula is C11H9N7. The number of benzene rings is 1. The van der Waals surface area contributed by atoms with Crippen molar-refractivity contribution in [2.24, 2.45) is 0 Å². The van der Waals surface area contributed by atoms with E-state index in [0.29, 0.717) is 17.6 Å². The minimum Gasteiger partial charge on any atom is -0.384 e. The summed E-state index contributed by atoms with van der Waals surface area (Å²) in [5.41, 5.74) is 6.46. The van der Waals surface area contributed by atoms with Gasteiger partial charge in [0.1, 0.15) is 5.82 Å². The maximum absolute atomic E-state index is 5.57. The number of rotatable bonds is 2. The van der Waals surface area contributed by atoms with E-state index in [4.69, 9.17) is 5.73 Å². The van der Waals surface area contributed by atoms with Crippen LogP contribution in [-0.4, -0.2) is 30.2 Å². The first kappa shape index (κ1) is 10.3. The maximum Gasteiger partial charge on any atom is 0.272 e. The number of tetrazole rings is 1. The van der Waals surface area contributed by atoms with Crippen molar-refractivity contribution in [2.75, 3.05) is 5.73 Å². The van der Waals surface area contributed by atoms with Crippen LogP contribution >= 0.6 is 0 Å². The Bertz CT molecular complexity index is 662. The first-order valence-corrected chi connectivity index (χ1v) is 5.27. The Balaban J connectivity index is 2.00. The molecule has 0 amide bonds. The fraction of sp³-hybridized carbons (Fsp3) is 0. The maximum atomic E-state index is 5.57. The summed E-state index contributed by atoms with van der Waals surface area (Å²) in [6, 6.07) is 11.1. The fourth-order valence-electron chi connectivity index (χ4n) is 1.46. The van der Waals surface area contributed by atoms with E-state index in [1.165, 1.54) is 4.80 Å². The third kappa shape index (κ3) is 1.88. The molecule has 0 fully saturated rings. The lowest BCUT2D eigenvalue weighted by atomic mass is 10.2. The van der Waals surface area contributed by atoms with Crippen LogP contribution in [0.1, 0.15) is 0 Å². The normalized spacial score (nSPS) is 10.4. The molecule has 0 atom stereocenters. The molecule has 1 aromatic carbocycles. The molecule has 2 heterocycles. The number of nitrogens with zero attached hydrogens (tertiary/aromatic N) is 6. The van der Waals surface area contributed by atoms with E-state index in [1.54, 1.807) is 12.3 Å². The van der Waals surface area contributed by atoms with Crippen LogP contribution in [0.5, 0.6) is 0 Å². The molecule has 7 heteroatoms. The molecule has 88 valence electrons. The summed E-state index contributed by atoms with van der Waals surface area (Å²) in [7, 11) is 0. The van der Waals surface area contributed by atoms with Gasteiger partial charge in [-0.2, -0.15) is 4.98 Å². The predicted molar refractivity (Wildman–Crippen MR) is 64.6 cm³/mol. The number of aromatic nitrogens is 6. The average molecular weight is 239 g/mol. The van der Waals surface area contributed by atoms with E-state index in [0.717, 1.165) is 5.56 Å². The number of nitrogens with two attached hydrogens (primary N) is 1. The number of anilines is 1. The van der Waals surface area contributed by atoms with Crippen molar-refractivity contribution in [1.29, 1.82) is 0 Å². The second-order valence-corrected chi connectivity index (χ2v) is 3.55. The molecule has 0 aliphatic rings.